The number of amides is 1. The number of thiazole rings is 1. The van der Waals surface area contributed by atoms with E-state index in [1.807, 2.05) is 17.5 Å². The monoisotopic (exact) mass is 392 g/mol. The molecule has 2 N–H and O–H groups in total. The summed E-state index contributed by atoms with van der Waals surface area (Å²) < 4.78 is 0. The Morgan fingerprint density at radius 3 is 2.56 bits per heavy atom. The molecular formula is C17H14Cl2N4OS. The fourth-order valence-electron chi connectivity index (χ4n) is 2.03. The normalized spacial score (nSPS) is 10.5. The third-order valence-electron chi connectivity index (χ3n) is 3.26. The average molecular weight is 393 g/mol. The van der Waals surface area contributed by atoms with Crippen molar-refractivity contribution in [3.8, 4) is 0 Å². The fourth-order valence-corrected chi connectivity index (χ4v) is 2.99. The molecule has 0 unspecified atom stereocenters. The number of halogens is 2. The van der Waals surface area contributed by atoms with Gasteiger partial charge in [0.1, 0.15) is 5.82 Å². The van der Waals surface area contributed by atoms with E-state index in [0.717, 1.165) is 5.56 Å². The molecule has 0 bridgehead atoms. The van der Waals surface area contributed by atoms with E-state index in [1.54, 1.807) is 30.5 Å². The number of nitrogens with one attached hydrogen (secondary N) is 2. The zero-order valence-electron chi connectivity index (χ0n) is 13.0. The van der Waals surface area contributed by atoms with Crippen molar-refractivity contribution in [3.63, 3.8) is 0 Å². The van der Waals surface area contributed by atoms with Gasteiger partial charge in [-0.15, -0.1) is 11.3 Å². The Hall–Kier alpha value is -2.15. The van der Waals surface area contributed by atoms with Gasteiger partial charge in [0.25, 0.3) is 0 Å². The molecule has 3 aromatic rings. The Balaban J connectivity index is 1.51. The zero-order chi connectivity index (χ0) is 17.6. The van der Waals surface area contributed by atoms with Gasteiger partial charge in [0.2, 0.25) is 5.91 Å². The van der Waals surface area contributed by atoms with E-state index < -0.39 is 0 Å². The van der Waals surface area contributed by atoms with Crippen molar-refractivity contribution >= 4 is 51.4 Å². The third kappa shape index (κ3) is 5.42. The summed E-state index contributed by atoms with van der Waals surface area (Å²) in [5.74, 6) is 0.564. The van der Waals surface area contributed by atoms with Gasteiger partial charge < -0.3 is 10.6 Å². The van der Waals surface area contributed by atoms with Crippen LogP contribution in [0.1, 0.15) is 11.3 Å². The predicted octanol–water partition coefficient (Wildman–Crippen LogP) is 4.45. The average Bonchev–Trinajstić information content (AvgIpc) is 3.03. The van der Waals surface area contributed by atoms with Crippen LogP contribution in [0.15, 0.2) is 48.0 Å². The van der Waals surface area contributed by atoms with Crippen LogP contribution in [-0.4, -0.2) is 15.9 Å². The molecule has 5 nitrogen and oxygen atoms in total. The first kappa shape index (κ1) is 17.7. The van der Waals surface area contributed by atoms with E-state index in [1.165, 1.54) is 11.3 Å². The summed E-state index contributed by atoms with van der Waals surface area (Å²) in [5.41, 5.74) is 1.70. The number of benzene rings is 1. The number of hydrogen-bond donors (Lipinski definition) is 2. The molecule has 3 rings (SSSR count). The highest BCUT2D eigenvalue weighted by Gasteiger charge is 2.08. The first-order valence-electron chi connectivity index (χ1n) is 7.42. The first-order chi connectivity index (χ1) is 12.1. The van der Waals surface area contributed by atoms with Gasteiger partial charge in [0.05, 0.1) is 17.1 Å². The molecular weight excluding hydrogens is 379 g/mol. The van der Waals surface area contributed by atoms with Gasteiger partial charge in [0.15, 0.2) is 5.13 Å². The van der Waals surface area contributed by atoms with Crippen molar-refractivity contribution in [1.82, 2.24) is 15.3 Å². The number of nitrogens with zero attached hydrogens (tertiary/aromatic N) is 2. The number of pyridine rings is 1. The maximum Gasteiger partial charge on any atom is 0.226 e. The third-order valence-corrected chi connectivity index (χ3v) is 4.54. The number of hydrogen-bond acceptors (Lipinski definition) is 5. The standard InChI is InChI=1S/C17H14Cl2N4OS/c18-12-3-1-11(2-4-12)8-21-16(24)7-14-10-25-17(22-14)23-15-6-5-13(19)9-20-15/h1-6,9-10H,7-8H2,(H,21,24)(H,20,22,23). The Kier molecular flexibility index (Phi) is 5.86. The summed E-state index contributed by atoms with van der Waals surface area (Å²) in [6.45, 7) is 0.458. The number of aromatic nitrogens is 2. The lowest BCUT2D eigenvalue weighted by molar-refractivity contribution is -0.120. The second kappa shape index (κ2) is 8.29. The summed E-state index contributed by atoms with van der Waals surface area (Å²) in [7, 11) is 0. The van der Waals surface area contributed by atoms with Crippen molar-refractivity contribution in [2.45, 2.75) is 13.0 Å². The quantitative estimate of drug-likeness (QED) is 0.650. The molecule has 0 spiro atoms. The Morgan fingerprint density at radius 2 is 1.84 bits per heavy atom. The zero-order valence-corrected chi connectivity index (χ0v) is 15.3. The lowest BCUT2D eigenvalue weighted by atomic mass is 10.2. The largest absolute Gasteiger partial charge is 0.352 e. The van der Waals surface area contributed by atoms with Crippen LogP contribution in [0, 0.1) is 0 Å². The van der Waals surface area contributed by atoms with Gasteiger partial charge in [-0.3, -0.25) is 4.79 Å². The number of carbonyl (C=O) groups excluding carboxylic acids is 1. The van der Waals surface area contributed by atoms with E-state index in [-0.39, 0.29) is 12.3 Å². The maximum absolute atomic E-state index is 12.0. The van der Waals surface area contributed by atoms with E-state index >= 15 is 0 Å². The number of anilines is 2. The van der Waals surface area contributed by atoms with Crippen LogP contribution in [0.3, 0.4) is 0 Å². The Morgan fingerprint density at radius 1 is 1.08 bits per heavy atom. The van der Waals surface area contributed by atoms with Crippen molar-refractivity contribution in [2.24, 2.45) is 0 Å². The molecule has 0 saturated heterocycles. The van der Waals surface area contributed by atoms with Gasteiger partial charge in [-0.05, 0) is 29.8 Å². The summed E-state index contributed by atoms with van der Waals surface area (Å²) in [6.07, 6.45) is 1.78. The molecule has 1 amide bonds. The minimum absolute atomic E-state index is 0.0867. The molecule has 128 valence electrons. The van der Waals surface area contributed by atoms with E-state index in [0.29, 0.717) is 33.2 Å². The van der Waals surface area contributed by atoms with Crippen LogP contribution >= 0.6 is 34.5 Å². The number of carbonyl (C=O) groups is 1. The van der Waals surface area contributed by atoms with E-state index in [4.69, 9.17) is 23.2 Å². The second-order valence-electron chi connectivity index (χ2n) is 5.21. The second-order valence-corrected chi connectivity index (χ2v) is 6.94. The van der Waals surface area contributed by atoms with Crippen LogP contribution in [-0.2, 0) is 17.8 Å². The Bertz CT molecular complexity index is 850. The molecule has 2 heterocycles. The Labute approximate surface area is 159 Å². The minimum atomic E-state index is -0.0867. The van der Waals surface area contributed by atoms with Crippen LogP contribution < -0.4 is 10.6 Å². The highest BCUT2D eigenvalue weighted by Crippen LogP contribution is 2.20. The van der Waals surface area contributed by atoms with Crippen molar-refractivity contribution < 1.29 is 4.79 Å². The van der Waals surface area contributed by atoms with Crippen LogP contribution in [0.25, 0.3) is 0 Å². The maximum atomic E-state index is 12.0. The highest BCUT2D eigenvalue weighted by molar-refractivity contribution is 7.13. The van der Waals surface area contributed by atoms with Crippen molar-refractivity contribution in [3.05, 3.63) is 69.3 Å². The molecule has 0 aliphatic carbocycles. The molecule has 25 heavy (non-hydrogen) atoms. The SMILES string of the molecule is O=C(Cc1csc(Nc2ccc(Cl)cn2)n1)NCc1ccc(Cl)cc1. The summed E-state index contributed by atoms with van der Waals surface area (Å²) in [6, 6.07) is 10.9. The van der Waals surface area contributed by atoms with Gasteiger partial charge >= 0.3 is 0 Å². The van der Waals surface area contributed by atoms with Crippen LogP contribution in [0.4, 0.5) is 10.9 Å². The van der Waals surface area contributed by atoms with E-state index in [2.05, 4.69) is 20.6 Å². The molecule has 1 aromatic carbocycles. The minimum Gasteiger partial charge on any atom is -0.352 e. The first-order valence-corrected chi connectivity index (χ1v) is 9.06. The smallest absolute Gasteiger partial charge is 0.226 e. The number of rotatable bonds is 6. The molecule has 0 saturated carbocycles. The summed E-state index contributed by atoms with van der Waals surface area (Å²) in [4.78, 5) is 20.6. The molecule has 0 aliphatic heterocycles. The molecule has 2 aromatic heterocycles. The molecule has 0 atom stereocenters. The van der Waals surface area contributed by atoms with E-state index in [9.17, 15) is 4.79 Å². The molecule has 0 radical (unpaired) electrons. The topological polar surface area (TPSA) is 66.9 Å². The fraction of sp³-hybridized carbons (Fsp3) is 0.118. The lowest BCUT2D eigenvalue weighted by Crippen LogP contribution is -2.24. The lowest BCUT2D eigenvalue weighted by Gasteiger charge is -2.04. The van der Waals surface area contributed by atoms with Gasteiger partial charge in [-0.25, -0.2) is 9.97 Å². The highest BCUT2D eigenvalue weighted by atomic mass is 35.5. The molecule has 0 aliphatic rings. The molecule has 8 heteroatoms. The van der Waals surface area contributed by atoms with Crippen molar-refractivity contribution in [2.75, 3.05) is 5.32 Å². The predicted molar refractivity (Wildman–Crippen MR) is 102 cm³/mol. The van der Waals surface area contributed by atoms with Gasteiger partial charge in [-0.2, -0.15) is 0 Å². The molecule has 0 fully saturated rings. The summed E-state index contributed by atoms with van der Waals surface area (Å²) in [5, 5.41) is 9.72. The van der Waals surface area contributed by atoms with Crippen LogP contribution in [0.2, 0.25) is 10.0 Å². The van der Waals surface area contributed by atoms with Gasteiger partial charge in [0, 0.05) is 23.1 Å². The summed E-state index contributed by atoms with van der Waals surface area (Å²) >= 11 is 13.1. The van der Waals surface area contributed by atoms with Crippen molar-refractivity contribution in [1.29, 1.82) is 0 Å². The van der Waals surface area contributed by atoms with Gasteiger partial charge in [-0.1, -0.05) is 35.3 Å². The van der Waals surface area contributed by atoms with Crippen LogP contribution in [0.5, 0.6) is 0 Å².